The highest BCUT2D eigenvalue weighted by Crippen LogP contribution is 2.17. The molecule has 1 fully saturated rings. The number of amides is 1. The Bertz CT molecular complexity index is 403. The van der Waals surface area contributed by atoms with Gasteiger partial charge in [0.1, 0.15) is 0 Å². The predicted molar refractivity (Wildman–Crippen MR) is 74.7 cm³/mol. The molecule has 3 nitrogen and oxygen atoms in total. The number of halogens is 1. The molecule has 0 N–H and O–H groups in total. The van der Waals surface area contributed by atoms with Gasteiger partial charge in [-0.1, -0.05) is 15.9 Å². The minimum Gasteiger partial charge on any atom is -0.377 e. The van der Waals surface area contributed by atoms with Crippen LogP contribution in [0, 0.1) is 0 Å². The zero-order valence-corrected chi connectivity index (χ0v) is 12.1. The summed E-state index contributed by atoms with van der Waals surface area (Å²) in [5.74, 6) is 0.104. The zero-order chi connectivity index (χ0) is 13.0. The molecule has 1 heterocycles. The quantitative estimate of drug-likeness (QED) is 0.858. The lowest BCUT2D eigenvalue weighted by Crippen LogP contribution is -2.43. The average molecular weight is 312 g/mol. The van der Waals surface area contributed by atoms with E-state index in [0.717, 1.165) is 29.4 Å². The lowest BCUT2D eigenvalue weighted by atomic mass is 10.1. The van der Waals surface area contributed by atoms with Gasteiger partial charge in [0.05, 0.1) is 6.10 Å². The number of carbonyl (C=O) groups is 1. The molecular formula is C14H18BrNO2. The van der Waals surface area contributed by atoms with Crippen LogP contribution in [0.5, 0.6) is 0 Å². The third kappa shape index (κ3) is 3.33. The van der Waals surface area contributed by atoms with Crippen molar-refractivity contribution in [3.8, 4) is 0 Å². The molecule has 1 atom stereocenters. The van der Waals surface area contributed by atoms with Crippen LogP contribution in [0.4, 0.5) is 0 Å². The molecule has 0 radical (unpaired) electrons. The topological polar surface area (TPSA) is 29.5 Å². The summed E-state index contributed by atoms with van der Waals surface area (Å²) in [6, 6.07) is 7.52. The molecule has 0 saturated carbocycles. The van der Waals surface area contributed by atoms with Gasteiger partial charge < -0.3 is 9.64 Å². The highest BCUT2D eigenvalue weighted by molar-refractivity contribution is 9.10. The molecule has 18 heavy (non-hydrogen) atoms. The molecule has 1 saturated heterocycles. The second-order valence-corrected chi connectivity index (χ2v) is 5.39. The number of hydrogen-bond donors (Lipinski definition) is 0. The predicted octanol–water partition coefficient (Wildman–Crippen LogP) is 3.09. The van der Waals surface area contributed by atoms with E-state index in [2.05, 4.69) is 15.9 Å². The van der Waals surface area contributed by atoms with Gasteiger partial charge >= 0.3 is 0 Å². The summed E-state index contributed by atoms with van der Waals surface area (Å²) in [6.45, 7) is 4.25. The van der Waals surface area contributed by atoms with E-state index in [0.29, 0.717) is 13.2 Å². The molecule has 2 rings (SSSR count). The summed E-state index contributed by atoms with van der Waals surface area (Å²) in [4.78, 5) is 14.2. The molecule has 0 aliphatic carbocycles. The van der Waals surface area contributed by atoms with E-state index in [9.17, 15) is 4.79 Å². The smallest absolute Gasteiger partial charge is 0.253 e. The Hall–Kier alpha value is -0.870. The van der Waals surface area contributed by atoms with Crippen molar-refractivity contribution in [1.29, 1.82) is 0 Å². The highest BCUT2D eigenvalue weighted by atomic mass is 79.9. The van der Waals surface area contributed by atoms with Crippen LogP contribution in [0.1, 0.15) is 30.1 Å². The maximum absolute atomic E-state index is 12.3. The Kier molecular flexibility index (Phi) is 4.78. The fourth-order valence-electron chi connectivity index (χ4n) is 2.27. The molecule has 1 aromatic rings. The molecule has 0 aromatic heterocycles. The summed E-state index contributed by atoms with van der Waals surface area (Å²) < 4.78 is 6.61. The number of benzene rings is 1. The normalized spacial score (nSPS) is 19.9. The van der Waals surface area contributed by atoms with Crippen molar-refractivity contribution in [3.05, 3.63) is 34.3 Å². The van der Waals surface area contributed by atoms with Crippen molar-refractivity contribution >= 4 is 21.8 Å². The molecule has 1 amide bonds. The van der Waals surface area contributed by atoms with E-state index in [-0.39, 0.29) is 12.0 Å². The second-order valence-electron chi connectivity index (χ2n) is 4.48. The molecule has 4 heteroatoms. The van der Waals surface area contributed by atoms with Crippen molar-refractivity contribution < 1.29 is 9.53 Å². The first-order valence-corrected chi connectivity index (χ1v) is 7.16. The molecule has 1 aromatic carbocycles. The van der Waals surface area contributed by atoms with Crippen molar-refractivity contribution in [3.63, 3.8) is 0 Å². The molecule has 1 unspecified atom stereocenters. The standard InChI is InChI=1S/C14H18BrNO2/c1-2-18-13-4-3-9-16(10-13)14(17)11-5-7-12(15)8-6-11/h5-8,13H,2-4,9-10H2,1H3. The van der Waals surface area contributed by atoms with E-state index in [1.54, 1.807) is 0 Å². The largest absolute Gasteiger partial charge is 0.377 e. The van der Waals surface area contributed by atoms with Crippen LogP contribution in [0.2, 0.25) is 0 Å². The van der Waals surface area contributed by atoms with Gasteiger partial charge in [0.2, 0.25) is 0 Å². The van der Waals surface area contributed by atoms with Gasteiger partial charge in [0.15, 0.2) is 0 Å². The lowest BCUT2D eigenvalue weighted by molar-refractivity contribution is 0.00724. The van der Waals surface area contributed by atoms with Crippen LogP contribution in [-0.4, -0.2) is 36.6 Å². The van der Waals surface area contributed by atoms with E-state index in [1.807, 2.05) is 36.1 Å². The average Bonchev–Trinajstić information content (AvgIpc) is 2.39. The van der Waals surface area contributed by atoms with Gasteiger partial charge in [-0.05, 0) is 44.0 Å². The molecule has 0 bridgehead atoms. The fourth-order valence-corrected chi connectivity index (χ4v) is 2.53. The van der Waals surface area contributed by atoms with Crippen LogP contribution < -0.4 is 0 Å². The molecule has 0 spiro atoms. The van der Waals surface area contributed by atoms with E-state index >= 15 is 0 Å². The summed E-state index contributed by atoms with van der Waals surface area (Å²) in [5, 5.41) is 0. The van der Waals surface area contributed by atoms with Gasteiger partial charge in [0, 0.05) is 29.7 Å². The first-order chi connectivity index (χ1) is 8.70. The summed E-state index contributed by atoms with van der Waals surface area (Å²) in [7, 11) is 0. The number of piperidine rings is 1. The maximum Gasteiger partial charge on any atom is 0.253 e. The second kappa shape index (κ2) is 6.34. The van der Waals surface area contributed by atoms with E-state index in [1.165, 1.54) is 0 Å². The number of rotatable bonds is 3. The Morgan fingerprint density at radius 1 is 1.44 bits per heavy atom. The fraction of sp³-hybridized carbons (Fsp3) is 0.500. The first kappa shape index (κ1) is 13.6. The van der Waals surface area contributed by atoms with Crippen LogP contribution in [-0.2, 0) is 4.74 Å². The number of likely N-dealkylation sites (tertiary alicyclic amines) is 1. The summed E-state index contributed by atoms with van der Waals surface area (Å²) in [6.07, 6.45) is 2.27. The molecule has 1 aliphatic rings. The van der Waals surface area contributed by atoms with Crippen LogP contribution in [0.15, 0.2) is 28.7 Å². The third-order valence-corrected chi connectivity index (χ3v) is 3.69. The molecular weight excluding hydrogens is 294 g/mol. The van der Waals surface area contributed by atoms with Crippen molar-refractivity contribution in [2.24, 2.45) is 0 Å². The number of ether oxygens (including phenoxy) is 1. The van der Waals surface area contributed by atoms with E-state index in [4.69, 9.17) is 4.74 Å². The minimum absolute atomic E-state index is 0.104. The van der Waals surface area contributed by atoms with Gasteiger partial charge in [-0.15, -0.1) is 0 Å². The summed E-state index contributed by atoms with van der Waals surface area (Å²) in [5.41, 5.74) is 0.746. The van der Waals surface area contributed by atoms with Gasteiger partial charge in [-0.2, -0.15) is 0 Å². The third-order valence-electron chi connectivity index (χ3n) is 3.16. The van der Waals surface area contributed by atoms with Crippen LogP contribution >= 0.6 is 15.9 Å². The van der Waals surface area contributed by atoms with Gasteiger partial charge in [0.25, 0.3) is 5.91 Å². The van der Waals surface area contributed by atoms with Crippen LogP contribution in [0.25, 0.3) is 0 Å². The molecule has 1 aliphatic heterocycles. The number of hydrogen-bond acceptors (Lipinski definition) is 2. The Labute approximate surface area is 116 Å². The number of carbonyl (C=O) groups excluding carboxylic acids is 1. The lowest BCUT2D eigenvalue weighted by Gasteiger charge is -2.32. The van der Waals surface area contributed by atoms with E-state index < -0.39 is 0 Å². The maximum atomic E-state index is 12.3. The number of nitrogens with zero attached hydrogens (tertiary/aromatic N) is 1. The van der Waals surface area contributed by atoms with Crippen molar-refractivity contribution in [2.75, 3.05) is 19.7 Å². The summed E-state index contributed by atoms with van der Waals surface area (Å²) >= 11 is 3.38. The SMILES string of the molecule is CCOC1CCCN(C(=O)c2ccc(Br)cc2)C1. The minimum atomic E-state index is 0.104. The van der Waals surface area contributed by atoms with Gasteiger partial charge in [-0.3, -0.25) is 4.79 Å². The van der Waals surface area contributed by atoms with Gasteiger partial charge in [-0.25, -0.2) is 0 Å². The van der Waals surface area contributed by atoms with Crippen molar-refractivity contribution in [1.82, 2.24) is 4.90 Å². The molecule has 98 valence electrons. The van der Waals surface area contributed by atoms with Crippen LogP contribution in [0.3, 0.4) is 0 Å². The Morgan fingerprint density at radius 3 is 2.83 bits per heavy atom. The Balaban J connectivity index is 2.02. The Morgan fingerprint density at radius 2 is 2.17 bits per heavy atom. The van der Waals surface area contributed by atoms with Crippen molar-refractivity contribution in [2.45, 2.75) is 25.9 Å². The first-order valence-electron chi connectivity index (χ1n) is 6.37. The monoisotopic (exact) mass is 311 g/mol. The zero-order valence-electron chi connectivity index (χ0n) is 10.6. The highest BCUT2D eigenvalue weighted by Gasteiger charge is 2.24.